The lowest BCUT2D eigenvalue weighted by molar-refractivity contribution is 0.604. The summed E-state index contributed by atoms with van der Waals surface area (Å²) in [5, 5.41) is 0. The second kappa shape index (κ2) is 12.5. The first-order chi connectivity index (χ1) is 15.2. The van der Waals surface area contributed by atoms with Crippen molar-refractivity contribution >= 4 is 66.7 Å². The Morgan fingerprint density at radius 3 is 2.06 bits per heavy atom. The Labute approximate surface area is 205 Å². The van der Waals surface area contributed by atoms with E-state index in [1.54, 1.807) is 7.17 Å². The largest absolute Gasteiger partial charge is 0.113 e. The molecule has 1 aromatic carbocycles. The minimum Gasteiger partial charge on any atom is -0.102 e. The topological polar surface area (TPSA) is 0 Å². The summed E-state index contributed by atoms with van der Waals surface area (Å²) in [6, 6.07) is 0. The summed E-state index contributed by atoms with van der Waals surface area (Å²) < 4.78 is 0. The van der Waals surface area contributed by atoms with Crippen LogP contribution < -0.4 is 16.4 Å². The highest BCUT2D eigenvalue weighted by Gasteiger charge is 2.33. The van der Waals surface area contributed by atoms with Crippen molar-refractivity contribution in [3.63, 3.8) is 0 Å². The number of benzene rings is 1. The van der Waals surface area contributed by atoms with E-state index in [-0.39, 0.29) is 0 Å². The quantitative estimate of drug-likeness (QED) is 0.360. The van der Waals surface area contributed by atoms with Gasteiger partial charge in [0.1, 0.15) is 7.85 Å². The van der Waals surface area contributed by atoms with E-state index in [0.717, 1.165) is 40.4 Å². The Morgan fingerprint density at radius 1 is 0.875 bits per heavy atom. The van der Waals surface area contributed by atoms with Gasteiger partial charge >= 0.3 is 0 Å². The lowest BCUT2D eigenvalue weighted by Crippen LogP contribution is -2.48. The monoisotopic (exact) mass is 415 g/mol. The van der Waals surface area contributed by atoms with Crippen LogP contribution in [-0.4, -0.2) is 44.7 Å². The van der Waals surface area contributed by atoms with Crippen molar-refractivity contribution in [1.82, 2.24) is 0 Å². The van der Waals surface area contributed by atoms with E-state index in [2.05, 4.69) is 41.5 Å². The number of rotatable bonds is 12. The highest BCUT2D eigenvalue weighted by molar-refractivity contribution is 7.35. The van der Waals surface area contributed by atoms with Gasteiger partial charge in [-0.15, -0.1) is 5.46 Å². The van der Waals surface area contributed by atoms with Gasteiger partial charge < -0.3 is 0 Å². The zero-order chi connectivity index (χ0) is 24.0. The third-order valence-corrected chi connectivity index (χ3v) is 7.53. The van der Waals surface area contributed by atoms with Gasteiger partial charge in [0.25, 0.3) is 0 Å². The van der Waals surface area contributed by atoms with Gasteiger partial charge in [-0.3, -0.25) is 0 Å². The fourth-order valence-electron chi connectivity index (χ4n) is 5.52. The molecule has 1 aliphatic rings. The molecule has 1 atom stereocenters. The highest BCUT2D eigenvalue weighted by atomic mass is 14.4. The lowest BCUT2D eigenvalue weighted by Gasteiger charge is -2.30. The van der Waals surface area contributed by atoms with E-state index in [4.69, 9.17) is 31.1 Å². The predicted octanol–water partition coefficient (Wildman–Crippen LogP) is 3.81. The first-order valence-corrected chi connectivity index (χ1v) is 12.6. The first-order valence-electron chi connectivity index (χ1n) is 12.6. The molecule has 0 aliphatic heterocycles. The van der Waals surface area contributed by atoms with Crippen molar-refractivity contribution in [2.75, 3.05) is 0 Å². The van der Waals surface area contributed by atoms with Crippen LogP contribution in [0.25, 0.3) is 5.57 Å². The summed E-state index contributed by atoms with van der Waals surface area (Å²) in [6.07, 6.45) is 11.0. The molecule has 0 saturated heterocycles. The first kappa shape index (κ1) is 27.3. The second-order valence-corrected chi connectivity index (χ2v) is 9.62. The van der Waals surface area contributed by atoms with Crippen molar-refractivity contribution in [2.45, 2.75) is 99.3 Å². The molecule has 32 heavy (non-hydrogen) atoms. The molecule has 1 aliphatic carbocycles. The Balaban J connectivity index is 2.75. The number of hydrogen-bond acceptors (Lipinski definition) is 0. The second-order valence-electron chi connectivity index (χ2n) is 9.62. The maximum Gasteiger partial charge on any atom is 0.113 e. The molecule has 0 heterocycles. The molecule has 0 fully saturated rings. The predicted molar refractivity (Wildman–Crippen MR) is 151 cm³/mol. The van der Waals surface area contributed by atoms with Gasteiger partial charge in [-0.1, -0.05) is 80.0 Å². The van der Waals surface area contributed by atoms with Crippen LogP contribution in [0.3, 0.4) is 0 Å². The SMILES string of the molecule is [B][B]c1c([B])c(C)c(C2=C(CCCCCC)C(C)=C(C)C2CCCCC)c(B([B])[B])c1C. The van der Waals surface area contributed by atoms with Gasteiger partial charge in [-0.25, -0.2) is 0 Å². The summed E-state index contributed by atoms with van der Waals surface area (Å²) in [7, 11) is 27.0. The van der Waals surface area contributed by atoms with Crippen LogP contribution in [0.15, 0.2) is 16.7 Å². The third kappa shape index (κ3) is 5.59. The molecule has 2 rings (SSSR count). The van der Waals surface area contributed by atoms with E-state index in [1.807, 2.05) is 0 Å². The van der Waals surface area contributed by atoms with Crippen LogP contribution in [0.4, 0.5) is 0 Å². The van der Waals surface area contributed by atoms with E-state index in [0.29, 0.717) is 5.92 Å². The Morgan fingerprint density at radius 2 is 1.50 bits per heavy atom. The van der Waals surface area contributed by atoms with Crippen molar-refractivity contribution in [1.29, 1.82) is 0 Å². The van der Waals surface area contributed by atoms with Gasteiger partial charge in [0.15, 0.2) is 0 Å². The highest BCUT2D eigenvalue weighted by Crippen LogP contribution is 2.47. The zero-order valence-corrected chi connectivity index (χ0v) is 21.4. The smallest absolute Gasteiger partial charge is 0.102 e. The molecular formula is C26H37B6. The van der Waals surface area contributed by atoms with Crippen molar-refractivity contribution < 1.29 is 0 Å². The van der Waals surface area contributed by atoms with Crippen LogP contribution in [0.2, 0.25) is 0 Å². The summed E-state index contributed by atoms with van der Waals surface area (Å²) in [5.74, 6) is 0.408. The summed E-state index contributed by atoms with van der Waals surface area (Å²) in [6.45, 7) is 12.7. The van der Waals surface area contributed by atoms with Crippen LogP contribution in [0.1, 0.15) is 102 Å². The molecule has 6 heteroatoms. The summed E-state index contributed by atoms with van der Waals surface area (Å²) >= 11 is 0. The Kier molecular flexibility index (Phi) is 10.7. The van der Waals surface area contributed by atoms with Crippen LogP contribution >= 0.6 is 0 Å². The van der Waals surface area contributed by atoms with Gasteiger partial charge in [0.05, 0.1) is 13.7 Å². The van der Waals surface area contributed by atoms with Crippen molar-refractivity contribution in [3.8, 4) is 0 Å². The molecular weight excluding hydrogens is 377 g/mol. The summed E-state index contributed by atoms with van der Waals surface area (Å²) in [5.41, 5.74) is 11.7. The number of unbranched alkanes of at least 4 members (excludes halogenated alkanes) is 5. The molecule has 0 aromatic heterocycles. The lowest BCUT2D eigenvalue weighted by atomic mass is 9.15. The van der Waals surface area contributed by atoms with Gasteiger partial charge in [-0.2, -0.15) is 0 Å². The van der Waals surface area contributed by atoms with Crippen molar-refractivity contribution in [3.05, 3.63) is 33.4 Å². The molecule has 0 nitrogen and oxygen atoms in total. The average molecular weight is 414 g/mol. The average Bonchev–Trinajstić information content (AvgIpc) is 2.98. The molecule has 9 radical (unpaired) electrons. The minimum absolute atomic E-state index is 0.408. The minimum atomic E-state index is -0.575. The molecule has 0 saturated carbocycles. The molecule has 1 unspecified atom stereocenters. The van der Waals surface area contributed by atoms with E-state index in [1.165, 1.54) is 72.8 Å². The van der Waals surface area contributed by atoms with Crippen LogP contribution in [0.5, 0.6) is 0 Å². The van der Waals surface area contributed by atoms with E-state index >= 15 is 0 Å². The van der Waals surface area contributed by atoms with Gasteiger partial charge in [0.2, 0.25) is 0 Å². The summed E-state index contributed by atoms with van der Waals surface area (Å²) in [4.78, 5) is 0. The molecule has 0 bridgehead atoms. The standard InChI is InChI=1S/C26H37B6/c1-7-9-11-13-15-21-17(4)16(3)20(14-12-10-8-2)23(21)22-18(5)24(27)25(31-28)19(6)26(22)32(29)30/h20H,7-15H2,1-6H3. The van der Waals surface area contributed by atoms with Gasteiger partial charge in [-0.05, 0) is 69.2 Å². The fraction of sp³-hybridized carbons (Fsp3) is 0.615. The maximum absolute atomic E-state index is 6.62. The number of hydrogen-bond donors (Lipinski definition) is 0. The van der Waals surface area contributed by atoms with Crippen molar-refractivity contribution in [2.24, 2.45) is 5.92 Å². The molecule has 159 valence electrons. The molecule has 1 aromatic rings. The van der Waals surface area contributed by atoms with E-state index < -0.39 is 6.49 Å². The van der Waals surface area contributed by atoms with Crippen LogP contribution in [0, 0.1) is 19.8 Å². The molecule has 0 N–H and O–H groups in total. The number of allylic oxidation sites excluding steroid dienone is 4. The Bertz CT molecular complexity index is 866. The normalized spacial score (nSPS) is 16.2. The molecule has 0 spiro atoms. The third-order valence-electron chi connectivity index (χ3n) is 7.53. The van der Waals surface area contributed by atoms with Gasteiger partial charge in [0, 0.05) is 29.1 Å². The van der Waals surface area contributed by atoms with E-state index in [9.17, 15) is 0 Å². The fourth-order valence-corrected chi connectivity index (χ4v) is 5.52. The van der Waals surface area contributed by atoms with Crippen LogP contribution in [-0.2, 0) is 0 Å². The maximum atomic E-state index is 6.62. The Hall–Kier alpha value is -0.910. The zero-order valence-electron chi connectivity index (χ0n) is 21.4. The molecule has 0 amide bonds.